The SMILES string of the molecule is CC(c1ccc(CC(=O)Nc2ccc(C(=O)C3(c4ccccn4)CC(F)(F)C3)nc2)cc1)S(=O)O. The molecule has 1 aromatic carbocycles. The van der Waals surface area contributed by atoms with E-state index in [2.05, 4.69) is 15.3 Å². The molecule has 4 rings (SSSR count). The van der Waals surface area contributed by atoms with Gasteiger partial charge in [-0.1, -0.05) is 30.3 Å². The molecule has 0 bridgehead atoms. The minimum atomic E-state index is -2.94. The third kappa shape index (κ3) is 5.33. The van der Waals surface area contributed by atoms with Crippen LogP contribution in [0.15, 0.2) is 67.0 Å². The van der Waals surface area contributed by atoms with Crippen molar-refractivity contribution in [3.8, 4) is 0 Å². The molecular formula is C25H23F2N3O4S. The second kappa shape index (κ2) is 9.71. The smallest absolute Gasteiger partial charge is 0.250 e. The van der Waals surface area contributed by atoms with Gasteiger partial charge in [-0.25, -0.2) is 13.0 Å². The van der Waals surface area contributed by atoms with Gasteiger partial charge >= 0.3 is 0 Å². The average Bonchev–Trinajstić information content (AvgIpc) is 2.82. The molecule has 2 heterocycles. The molecule has 0 saturated heterocycles. The number of hydrogen-bond acceptors (Lipinski definition) is 5. The van der Waals surface area contributed by atoms with Crippen molar-refractivity contribution in [2.75, 3.05) is 5.32 Å². The van der Waals surface area contributed by atoms with Crippen molar-refractivity contribution < 1.29 is 27.1 Å². The summed E-state index contributed by atoms with van der Waals surface area (Å²) >= 11 is -1.98. The number of amides is 1. The van der Waals surface area contributed by atoms with E-state index in [-0.39, 0.29) is 18.0 Å². The van der Waals surface area contributed by atoms with Gasteiger partial charge in [0.05, 0.1) is 34.7 Å². The van der Waals surface area contributed by atoms with E-state index in [9.17, 15) is 27.1 Å². The molecule has 35 heavy (non-hydrogen) atoms. The fourth-order valence-corrected chi connectivity index (χ4v) is 4.59. The number of pyridine rings is 2. The summed E-state index contributed by atoms with van der Waals surface area (Å²) in [6, 6.07) is 14.6. The average molecular weight is 500 g/mol. The van der Waals surface area contributed by atoms with Crippen LogP contribution in [0.25, 0.3) is 0 Å². The fraction of sp³-hybridized carbons (Fsp3) is 0.280. The van der Waals surface area contributed by atoms with Crippen molar-refractivity contribution in [1.29, 1.82) is 0 Å². The molecule has 1 aliphatic rings. The van der Waals surface area contributed by atoms with Crippen LogP contribution in [-0.4, -0.2) is 36.3 Å². The van der Waals surface area contributed by atoms with Gasteiger partial charge in [0.2, 0.25) is 5.91 Å². The van der Waals surface area contributed by atoms with Gasteiger partial charge in [-0.3, -0.25) is 19.6 Å². The largest absolute Gasteiger partial charge is 0.324 e. The maximum Gasteiger partial charge on any atom is 0.250 e. The Balaban J connectivity index is 1.42. The van der Waals surface area contributed by atoms with E-state index in [1.54, 1.807) is 49.4 Å². The lowest BCUT2D eigenvalue weighted by Crippen LogP contribution is -2.55. The summed E-state index contributed by atoms with van der Waals surface area (Å²) in [5.41, 5.74) is 0.654. The number of ketones is 1. The third-order valence-electron chi connectivity index (χ3n) is 6.11. The Morgan fingerprint density at radius 2 is 1.80 bits per heavy atom. The number of rotatable bonds is 8. The minimum Gasteiger partial charge on any atom is -0.324 e. The van der Waals surface area contributed by atoms with Crippen molar-refractivity contribution in [3.63, 3.8) is 0 Å². The lowest BCUT2D eigenvalue weighted by molar-refractivity contribution is -0.115. The summed E-state index contributed by atoms with van der Waals surface area (Å²) in [4.78, 5) is 33.8. The Bertz CT molecular complexity index is 1240. The van der Waals surface area contributed by atoms with Crippen molar-refractivity contribution in [3.05, 3.63) is 89.5 Å². The summed E-state index contributed by atoms with van der Waals surface area (Å²) < 4.78 is 48.0. The molecule has 1 saturated carbocycles. The molecule has 3 aromatic rings. The third-order valence-corrected chi connectivity index (χ3v) is 6.98. The first-order valence-electron chi connectivity index (χ1n) is 10.9. The first kappa shape index (κ1) is 24.7. The van der Waals surface area contributed by atoms with Gasteiger partial charge in [0, 0.05) is 19.0 Å². The fourth-order valence-electron chi connectivity index (χ4n) is 4.20. The van der Waals surface area contributed by atoms with Gasteiger partial charge in [-0.2, -0.15) is 0 Å². The van der Waals surface area contributed by atoms with Crippen molar-refractivity contribution in [1.82, 2.24) is 9.97 Å². The zero-order valence-corrected chi connectivity index (χ0v) is 19.6. The van der Waals surface area contributed by atoms with E-state index in [1.807, 2.05) is 0 Å². The van der Waals surface area contributed by atoms with Crippen molar-refractivity contribution in [2.45, 2.75) is 42.8 Å². The predicted molar refractivity (Wildman–Crippen MR) is 127 cm³/mol. The Morgan fingerprint density at radius 1 is 1.09 bits per heavy atom. The Labute approximate surface area is 203 Å². The number of anilines is 1. The lowest BCUT2D eigenvalue weighted by atomic mass is 9.60. The highest BCUT2D eigenvalue weighted by molar-refractivity contribution is 7.79. The molecule has 0 spiro atoms. The van der Waals surface area contributed by atoms with Crippen LogP contribution in [0.4, 0.5) is 14.5 Å². The van der Waals surface area contributed by atoms with Gasteiger partial charge < -0.3 is 9.87 Å². The summed E-state index contributed by atoms with van der Waals surface area (Å²) in [6.45, 7) is 1.63. The molecule has 7 nitrogen and oxygen atoms in total. The molecule has 2 atom stereocenters. The summed E-state index contributed by atoms with van der Waals surface area (Å²) in [7, 11) is 0. The molecule has 2 aromatic heterocycles. The van der Waals surface area contributed by atoms with Crippen LogP contribution in [0.5, 0.6) is 0 Å². The number of aromatic nitrogens is 2. The van der Waals surface area contributed by atoms with Gasteiger partial charge in [0.1, 0.15) is 5.69 Å². The molecule has 0 radical (unpaired) electrons. The highest BCUT2D eigenvalue weighted by atomic mass is 32.2. The monoisotopic (exact) mass is 499 g/mol. The Morgan fingerprint density at radius 3 is 2.34 bits per heavy atom. The number of nitrogens with zero attached hydrogens (tertiary/aromatic N) is 2. The summed E-state index contributed by atoms with van der Waals surface area (Å²) in [6.07, 6.45) is 1.60. The summed E-state index contributed by atoms with van der Waals surface area (Å²) in [5.74, 6) is -3.79. The van der Waals surface area contributed by atoms with Crippen LogP contribution in [0, 0.1) is 0 Å². The highest BCUT2D eigenvalue weighted by Gasteiger charge is 2.62. The molecule has 1 aliphatic carbocycles. The first-order valence-corrected chi connectivity index (χ1v) is 12.1. The van der Waals surface area contributed by atoms with E-state index in [1.165, 1.54) is 24.5 Å². The maximum atomic E-state index is 13.8. The molecule has 1 fully saturated rings. The van der Waals surface area contributed by atoms with Crippen LogP contribution < -0.4 is 5.32 Å². The number of benzene rings is 1. The van der Waals surface area contributed by atoms with E-state index >= 15 is 0 Å². The molecule has 2 unspecified atom stereocenters. The van der Waals surface area contributed by atoms with E-state index < -0.39 is 46.3 Å². The second-order valence-electron chi connectivity index (χ2n) is 8.65. The van der Waals surface area contributed by atoms with Gasteiger partial charge in [0.25, 0.3) is 5.92 Å². The summed E-state index contributed by atoms with van der Waals surface area (Å²) in [5, 5.41) is 2.16. The lowest BCUT2D eigenvalue weighted by Gasteiger charge is -2.45. The standard InChI is InChI=1S/C25H23F2N3O4S/c1-16(35(33)34)18-7-5-17(6-8-18)12-22(31)30-19-9-10-20(29-13-19)23(32)24(14-25(26,27)15-24)21-4-2-3-11-28-21/h2-11,13,16H,12,14-15H2,1H3,(H,30,31)(H,33,34). The van der Waals surface area contributed by atoms with Gasteiger partial charge in [-0.05, 0) is 42.3 Å². The molecule has 0 aliphatic heterocycles. The molecular weight excluding hydrogens is 476 g/mol. The number of hydrogen-bond donors (Lipinski definition) is 2. The van der Waals surface area contributed by atoms with Gasteiger partial charge in [-0.15, -0.1) is 0 Å². The number of Topliss-reactive ketones (excluding diaryl/α,β-unsaturated/α-hetero) is 1. The minimum absolute atomic E-state index is 0.0233. The van der Waals surface area contributed by atoms with Crippen LogP contribution in [0.1, 0.15) is 52.3 Å². The van der Waals surface area contributed by atoms with E-state index in [4.69, 9.17) is 0 Å². The highest BCUT2D eigenvalue weighted by Crippen LogP contribution is 2.54. The molecule has 1 amide bonds. The normalized spacial score (nSPS) is 17.6. The zero-order chi connectivity index (χ0) is 25.2. The van der Waals surface area contributed by atoms with Crippen LogP contribution >= 0.6 is 0 Å². The van der Waals surface area contributed by atoms with Crippen LogP contribution in [0.3, 0.4) is 0 Å². The van der Waals surface area contributed by atoms with Gasteiger partial charge in [0.15, 0.2) is 16.9 Å². The first-order chi connectivity index (χ1) is 16.6. The quantitative estimate of drug-likeness (QED) is 0.349. The van der Waals surface area contributed by atoms with Crippen molar-refractivity contribution >= 4 is 28.5 Å². The van der Waals surface area contributed by atoms with E-state index in [0.717, 1.165) is 0 Å². The maximum absolute atomic E-state index is 13.8. The number of alkyl halides is 2. The predicted octanol–water partition coefficient (Wildman–Crippen LogP) is 4.49. The topological polar surface area (TPSA) is 109 Å². The Hall–Kier alpha value is -3.37. The van der Waals surface area contributed by atoms with Crippen LogP contribution in [-0.2, 0) is 27.7 Å². The zero-order valence-electron chi connectivity index (χ0n) is 18.8. The number of carbonyl (C=O) groups is 2. The molecule has 2 N–H and O–H groups in total. The number of halogens is 2. The second-order valence-corrected chi connectivity index (χ2v) is 9.91. The Kier molecular flexibility index (Phi) is 6.86. The molecule has 182 valence electrons. The molecule has 10 heteroatoms. The van der Waals surface area contributed by atoms with E-state index in [0.29, 0.717) is 22.5 Å². The number of nitrogens with one attached hydrogen (secondary N) is 1. The number of carbonyl (C=O) groups excluding carboxylic acids is 2. The van der Waals surface area contributed by atoms with Crippen LogP contribution in [0.2, 0.25) is 0 Å². The van der Waals surface area contributed by atoms with Crippen molar-refractivity contribution in [2.24, 2.45) is 0 Å².